The molecule has 2 heteroatoms. The van der Waals surface area contributed by atoms with Gasteiger partial charge >= 0.3 is 0 Å². The Morgan fingerprint density at radius 2 is 2.07 bits per heavy atom. The molecule has 0 aliphatic heterocycles. The van der Waals surface area contributed by atoms with Crippen molar-refractivity contribution in [2.75, 3.05) is 14.2 Å². The summed E-state index contributed by atoms with van der Waals surface area (Å²) in [6.45, 7) is 2.21. The average Bonchev–Trinajstić information content (AvgIpc) is 2.29. The highest BCUT2D eigenvalue weighted by Crippen LogP contribution is 2.19. The molecule has 1 aromatic rings. The number of rotatable bonds is 6. The normalized spacial score (nSPS) is 12.5. The van der Waals surface area contributed by atoms with Gasteiger partial charge in [-0.2, -0.15) is 0 Å². The quantitative estimate of drug-likeness (QED) is 0.774. The molecule has 0 spiro atoms. The maximum atomic E-state index is 5.34. The first-order valence-corrected chi connectivity index (χ1v) is 5.61. The minimum Gasteiger partial charge on any atom is -0.496 e. The molecule has 0 saturated heterocycles. The predicted molar refractivity (Wildman–Crippen MR) is 64.5 cm³/mol. The molecule has 1 rings (SSSR count). The van der Waals surface area contributed by atoms with Gasteiger partial charge in [0.1, 0.15) is 5.75 Å². The molecule has 2 nitrogen and oxygen atoms in total. The summed E-state index contributed by atoms with van der Waals surface area (Å²) in [6, 6.07) is 8.78. The summed E-state index contributed by atoms with van der Waals surface area (Å²) in [5.41, 5.74) is 1.28. The van der Waals surface area contributed by atoms with E-state index in [9.17, 15) is 0 Å². The first-order valence-electron chi connectivity index (χ1n) is 5.61. The summed E-state index contributed by atoms with van der Waals surface area (Å²) in [6.07, 6.45) is 3.45. The first kappa shape index (κ1) is 12.1. The van der Waals surface area contributed by atoms with E-state index in [2.05, 4.69) is 24.4 Å². The number of para-hydroxylation sites is 1. The minimum atomic E-state index is 0.547. The maximum Gasteiger partial charge on any atom is 0.122 e. The molecular weight excluding hydrogens is 186 g/mol. The fourth-order valence-electron chi connectivity index (χ4n) is 1.83. The Bertz CT molecular complexity index is 286. The van der Waals surface area contributed by atoms with Gasteiger partial charge in [0.15, 0.2) is 0 Å². The SMILES string of the molecule is CCCC(Cc1ccccc1OC)NC. The van der Waals surface area contributed by atoms with Gasteiger partial charge in [0, 0.05) is 6.04 Å². The fourth-order valence-corrected chi connectivity index (χ4v) is 1.83. The van der Waals surface area contributed by atoms with Crippen LogP contribution < -0.4 is 10.1 Å². The smallest absolute Gasteiger partial charge is 0.122 e. The van der Waals surface area contributed by atoms with Crippen molar-refractivity contribution in [1.82, 2.24) is 5.32 Å². The molecule has 1 N–H and O–H groups in total. The van der Waals surface area contributed by atoms with E-state index in [1.165, 1.54) is 18.4 Å². The third-order valence-corrected chi connectivity index (χ3v) is 2.70. The van der Waals surface area contributed by atoms with Gasteiger partial charge in [0.25, 0.3) is 0 Å². The zero-order valence-corrected chi connectivity index (χ0v) is 9.92. The summed E-state index contributed by atoms with van der Waals surface area (Å²) in [4.78, 5) is 0. The van der Waals surface area contributed by atoms with Crippen LogP contribution in [0.4, 0.5) is 0 Å². The van der Waals surface area contributed by atoms with E-state index in [0.29, 0.717) is 6.04 Å². The van der Waals surface area contributed by atoms with E-state index in [-0.39, 0.29) is 0 Å². The van der Waals surface area contributed by atoms with Crippen LogP contribution in [-0.4, -0.2) is 20.2 Å². The Morgan fingerprint density at radius 1 is 1.33 bits per heavy atom. The lowest BCUT2D eigenvalue weighted by atomic mass is 10.0. The summed E-state index contributed by atoms with van der Waals surface area (Å²) in [7, 11) is 3.75. The molecule has 0 heterocycles. The van der Waals surface area contributed by atoms with Crippen molar-refractivity contribution in [3.05, 3.63) is 29.8 Å². The topological polar surface area (TPSA) is 21.3 Å². The van der Waals surface area contributed by atoms with E-state index in [4.69, 9.17) is 4.74 Å². The average molecular weight is 207 g/mol. The predicted octanol–water partition coefficient (Wildman–Crippen LogP) is 2.63. The van der Waals surface area contributed by atoms with Gasteiger partial charge in [-0.25, -0.2) is 0 Å². The fraction of sp³-hybridized carbons (Fsp3) is 0.538. The van der Waals surface area contributed by atoms with Gasteiger partial charge in [-0.1, -0.05) is 31.5 Å². The first-order chi connectivity index (χ1) is 7.31. The second-order valence-electron chi connectivity index (χ2n) is 3.79. The lowest BCUT2D eigenvalue weighted by molar-refractivity contribution is 0.404. The zero-order valence-electron chi connectivity index (χ0n) is 9.92. The molecule has 1 atom stereocenters. The zero-order chi connectivity index (χ0) is 11.1. The molecule has 0 radical (unpaired) electrons. The van der Waals surface area contributed by atoms with Crippen LogP contribution in [0.2, 0.25) is 0 Å². The van der Waals surface area contributed by atoms with E-state index in [1.54, 1.807) is 7.11 Å². The highest BCUT2D eigenvalue weighted by Gasteiger charge is 2.09. The highest BCUT2D eigenvalue weighted by molar-refractivity contribution is 5.33. The van der Waals surface area contributed by atoms with E-state index < -0.39 is 0 Å². The van der Waals surface area contributed by atoms with E-state index >= 15 is 0 Å². The third kappa shape index (κ3) is 3.56. The molecule has 0 aliphatic rings. The molecule has 1 unspecified atom stereocenters. The van der Waals surface area contributed by atoms with E-state index in [1.807, 2.05) is 19.2 Å². The van der Waals surface area contributed by atoms with Crippen LogP contribution in [0.3, 0.4) is 0 Å². The number of likely N-dealkylation sites (N-methyl/N-ethyl adjacent to an activating group) is 1. The second kappa shape index (κ2) is 6.46. The Balaban J connectivity index is 2.69. The van der Waals surface area contributed by atoms with Crippen LogP contribution in [0.1, 0.15) is 25.3 Å². The van der Waals surface area contributed by atoms with Gasteiger partial charge in [-0.15, -0.1) is 0 Å². The molecule has 0 aromatic heterocycles. The van der Waals surface area contributed by atoms with Gasteiger partial charge in [0.2, 0.25) is 0 Å². The van der Waals surface area contributed by atoms with Crippen molar-refractivity contribution in [2.45, 2.75) is 32.2 Å². The number of nitrogens with one attached hydrogen (secondary N) is 1. The summed E-state index contributed by atoms with van der Waals surface area (Å²) >= 11 is 0. The lowest BCUT2D eigenvalue weighted by Gasteiger charge is -2.16. The molecule has 0 amide bonds. The maximum absolute atomic E-state index is 5.34. The standard InChI is InChI=1S/C13H21NO/c1-4-7-12(14-2)10-11-8-5-6-9-13(11)15-3/h5-6,8-9,12,14H,4,7,10H2,1-3H3. The largest absolute Gasteiger partial charge is 0.496 e. The Kier molecular flexibility index (Phi) is 5.19. The number of hydrogen-bond donors (Lipinski definition) is 1. The highest BCUT2D eigenvalue weighted by atomic mass is 16.5. The van der Waals surface area contributed by atoms with Crippen LogP contribution in [0.5, 0.6) is 5.75 Å². The van der Waals surface area contributed by atoms with E-state index in [0.717, 1.165) is 12.2 Å². The molecule has 84 valence electrons. The summed E-state index contributed by atoms with van der Waals surface area (Å²) < 4.78 is 5.34. The molecular formula is C13H21NO. The molecule has 15 heavy (non-hydrogen) atoms. The third-order valence-electron chi connectivity index (χ3n) is 2.70. The number of benzene rings is 1. The number of hydrogen-bond acceptors (Lipinski definition) is 2. The molecule has 1 aromatic carbocycles. The summed E-state index contributed by atoms with van der Waals surface area (Å²) in [5.74, 6) is 0.994. The second-order valence-corrected chi connectivity index (χ2v) is 3.79. The Hall–Kier alpha value is -1.02. The molecule has 0 bridgehead atoms. The molecule has 0 aliphatic carbocycles. The minimum absolute atomic E-state index is 0.547. The monoisotopic (exact) mass is 207 g/mol. The van der Waals surface area contributed by atoms with Crippen molar-refractivity contribution in [1.29, 1.82) is 0 Å². The Labute approximate surface area is 92.6 Å². The van der Waals surface area contributed by atoms with Crippen molar-refractivity contribution in [2.24, 2.45) is 0 Å². The Morgan fingerprint density at radius 3 is 2.67 bits per heavy atom. The van der Waals surface area contributed by atoms with Crippen molar-refractivity contribution in [3.63, 3.8) is 0 Å². The number of ether oxygens (including phenoxy) is 1. The molecule has 0 fully saturated rings. The van der Waals surface area contributed by atoms with Gasteiger partial charge < -0.3 is 10.1 Å². The lowest BCUT2D eigenvalue weighted by Crippen LogP contribution is -2.27. The van der Waals surface area contributed by atoms with Crippen LogP contribution in [0.15, 0.2) is 24.3 Å². The van der Waals surface area contributed by atoms with Crippen LogP contribution in [0.25, 0.3) is 0 Å². The number of methoxy groups -OCH3 is 1. The van der Waals surface area contributed by atoms with Gasteiger partial charge in [-0.05, 0) is 31.5 Å². The van der Waals surface area contributed by atoms with Gasteiger partial charge in [0.05, 0.1) is 7.11 Å². The van der Waals surface area contributed by atoms with Crippen LogP contribution in [-0.2, 0) is 6.42 Å². The van der Waals surface area contributed by atoms with Crippen molar-refractivity contribution >= 4 is 0 Å². The van der Waals surface area contributed by atoms with Crippen LogP contribution >= 0.6 is 0 Å². The van der Waals surface area contributed by atoms with Crippen molar-refractivity contribution in [3.8, 4) is 5.75 Å². The molecule has 0 saturated carbocycles. The van der Waals surface area contributed by atoms with Crippen LogP contribution in [0, 0.1) is 0 Å². The van der Waals surface area contributed by atoms with Crippen molar-refractivity contribution < 1.29 is 4.74 Å². The van der Waals surface area contributed by atoms with Gasteiger partial charge in [-0.3, -0.25) is 0 Å². The summed E-state index contributed by atoms with van der Waals surface area (Å²) in [5, 5.41) is 3.35.